The Balaban J connectivity index is 2.24. The molecule has 1 saturated heterocycles. The molecule has 3 nitrogen and oxygen atoms in total. The third-order valence-electron chi connectivity index (χ3n) is 3.45. The number of hydrogen-bond acceptors (Lipinski definition) is 2. The first-order valence-electron chi connectivity index (χ1n) is 6.31. The highest BCUT2D eigenvalue weighted by atomic mass is 79.9. The minimum absolute atomic E-state index is 0.0145. The molecule has 1 aromatic carbocycles. The lowest BCUT2D eigenvalue weighted by atomic mass is 10.0. The molecule has 18 heavy (non-hydrogen) atoms. The van der Waals surface area contributed by atoms with Crippen LogP contribution < -0.4 is 0 Å². The first kappa shape index (κ1) is 13.6. The van der Waals surface area contributed by atoms with Gasteiger partial charge in [-0.3, -0.25) is 4.79 Å². The lowest BCUT2D eigenvalue weighted by Crippen LogP contribution is -2.45. The molecule has 0 spiro atoms. The van der Waals surface area contributed by atoms with Gasteiger partial charge in [0.2, 0.25) is 0 Å². The number of amides is 1. The average Bonchev–Trinajstić information content (AvgIpc) is 2.38. The number of hydrogen-bond donors (Lipinski definition) is 1. The van der Waals surface area contributed by atoms with Crippen molar-refractivity contribution in [1.82, 2.24) is 4.90 Å². The van der Waals surface area contributed by atoms with Crippen molar-refractivity contribution >= 4 is 21.8 Å². The fourth-order valence-corrected chi connectivity index (χ4v) is 3.07. The molecule has 0 bridgehead atoms. The maximum Gasteiger partial charge on any atom is 0.255 e. The lowest BCUT2D eigenvalue weighted by Gasteiger charge is -2.34. The highest BCUT2D eigenvalue weighted by Crippen LogP contribution is 2.24. The van der Waals surface area contributed by atoms with Crippen LogP contribution in [0.25, 0.3) is 0 Å². The molecule has 0 radical (unpaired) electrons. The van der Waals surface area contributed by atoms with E-state index in [1.165, 1.54) is 0 Å². The molecule has 1 fully saturated rings. The Bertz CT molecular complexity index is 447. The van der Waals surface area contributed by atoms with E-state index in [9.17, 15) is 9.90 Å². The van der Waals surface area contributed by atoms with Crippen LogP contribution in [0.2, 0.25) is 0 Å². The number of aliphatic hydroxyl groups is 1. The van der Waals surface area contributed by atoms with Crippen LogP contribution in [-0.4, -0.2) is 35.1 Å². The highest BCUT2D eigenvalue weighted by Gasteiger charge is 2.27. The first-order valence-corrected chi connectivity index (χ1v) is 7.10. The van der Waals surface area contributed by atoms with Gasteiger partial charge in [0.25, 0.3) is 5.91 Å². The van der Waals surface area contributed by atoms with Gasteiger partial charge in [0, 0.05) is 11.0 Å². The maximum atomic E-state index is 12.5. The summed E-state index contributed by atoms with van der Waals surface area (Å²) in [5, 5.41) is 9.37. The van der Waals surface area contributed by atoms with Gasteiger partial charge in [-0.05, 0) is 59.8 Å². The maximum absolute atomic E-state index is 12.5. The summed E-state index contributed by atoms with van der Waals surface area (Å²) in [5.41, 5.74) is 1.80. The fraction of sp³-hybridized carbons (Fsp3) is 0.500. The van der Waals surface area contributed by atoms with Gasteiger partial charge in [-0.1, -0.05) is 6.07 Å². The number of halogens is 1. The van der Waals surface area contributed by atoms with Gasteiger partial charge >= 0.3 is 0 Å². The van der Waals surface area contributed by atoms with Crippen LogP contribution in [0, 0.1) is 6.92 Å². The third kappa shape index (κ3) is 2.75. The fourth-order valence-electron chi connectivity index (χ4n) is 2.41. The molecule has 1 aliphatic rings. The van der Waals surface area contributed by atoms with Crippen molar-refractivity contribution in [2.75, 3.05) is 13.2 Å². The lowest BCUT2D eigenvalue weighted by molar-refractivity contribution is 0.0502. The van der Waals surface area contributed by atoms with Gasteiger partial charge in [-0.15, -0.1) is 0 Å². The summed E-state index contributed by atoms with van der Waals surface area (Å²) >= 11 is 3.45. The predicted octanol–water partition coefficient (Wildman–Crippen LogP) is 2.74. The van der Waals surface area contributed by atoms with E-state index < -0.39 is 0 Å². The number of carbonyl (C=O) groups excluding carboxylic acids is 1. The first-order chi connectivity index (χ1) is 8.63. The predicted molar refractivity (Wildman–Crippen MR) is 74.6 cm³/mol. The minimum atomic E-state index is -0.0283. The molecule has 1 N–H and O–H groups in total. The Morgan fingerprint density at radius 2 is 2.28 bits per heavy atom. The van der Waals surface area contributed by atoms with Crippen molar-refractivity contribution in [2.24, 2.45) is 0 Å². The van der Waals surface area contributed by atoms with Crippen LogP contribution in [0.4, 0.5) is 0 Å². The summed E-state index contributed by atoms with van der Waals surface area (Å²) in [6.45, 7) is 2.79. The second-order valence-corrected chi connectivity index (χ2v) is 5.67. The molecule has 0 aliphatic carbocycles. The van der Waals surface area contributed by atoms with E-state index in [-0.39, 0.29) is 18.6 Å². The van der Waals surface area contributed by atoms with Crippen molar-refractivity contribution in [2.45, 2.75) is 32.2 Å². The monoisotopic (exact) mass is 311 g/mol. The van der Waals surface area contributed by atoms with E-state index in [2.05, 4.69) is 15.9 Å². The van der Waals surface area contributed by atoms with Crippen molar-refractivity contribution < 1.29 is 9.90 Å². The van der Waals surface area contributed by atoms with Crippen LogP contribution in [0.15, 0.2) is 22.7 Å². The van der Waals surface area contributed by atoms with Gasteiger partial charge in [0.15, 0.2) is 0 Å². The zero-order valence-corrected chi connectivity index (χ0v) is 12.1. The van der Waals surface area contributed by atoms with Crippen LogP contribution in [0.3, 0.4) is 0 Å². The van der Waals surface area contributed by atoms with E-state index in [0.717, 1.165) is 35.8 Å². The molecular formula is C14H18BrNO2. The standard InChI is InChI=1S/C14H18BrNO2/c1-10-5-6-12(13(15)8-10)14(18)16-7-3-2-4-11(16)9-17/h5-6,8,11,17H,2-4,7,9H2,1H3. The summed E-state index contributed by atoms with van der Waals surface area (Å²) in [4.78, 5) is 14.3. The van der Waals surface area contributed by atoms with Gasteiger partial charge in [0.05, 0.1) is 18.2 Å². The quantitative estimate of drug-likeness (QED) is 0.912. The smallest absolute Gasteiger partial charge is 0.255 e. The number of nitrogens with zero attached hydrogens (tertiary/aromatic N) is 1. The van der Waals surface area contributed by atoms with E-state index in [1.54, 1.807) is 4.90 Å². The van der Waals surface area contributed by atoms with Crippen molar-refractivity contribution in [3.63, 3.8) is 0 Å². The molecule has 0 saturated carbocycles. The Kier molecular flexibility index (Phi) is 4.40. The number of rotatable bonds is 2. The van der Waals surface area contributed by atoms with E-state index in [0.29, 0.717) is 5.56 Å². The molecule has 1 amide bonds. The molecule has 1 heterocycles. The van der Waals surface area contributed by atoms with Crippen LogP contribution in [0.1, 0.15) is 35.2 Å². The Labute approximate surface area is 116 Å². The van der Waals surface area contributed by atoms with Crippen LogP contribution in [-0.2, 0) is 0 Å². The molecular weight excluding hydrogens is 294 g/mol. The van der Waals surface area contributed by atoms with E-state index in [1.807, 2.05) is 25.1 Å². The summed E-state index contributed by atoms with van der Waals surface area (Å²) in [6, 6.07) is 5.71. The average molecular weight is 312 g/mol. The van der Waals surface area contributed by atoms with Gasteiger partial charge < -0.3 is 10.0 Å². The molecule has 1 aliphatic heterocycles. The number of aliphatic hydroxyl groups excluding tert-OH is 1. The minimum Gasteiger partial charge on any atom is -0.394 e. The largest absolute Gasteiger partial charge is 0.394 e. The SMILES string of the molecule is Cc1ccc(C(=O)N2CCCCC2CO)c(Br)c1. The second kappa shape index (κ2) is 5.85. The normalized spacial score (nSPS) is 19.9. The van der Waals surface area contributed by atoms with Crippen molar-refractivity contribution in [3.05, 3.63) is 33.8 Å². The Hall–Kier alpha value is -0.870. The molecule has 4 heteroatoms. The van der Waals surface area contributed by atoms with Gasteiger partial charge in [-0.2, -0.15) is 0 Å². The molecule has 1 aromatic rings. The highest BCUT2D eigenvalue weighted by molar-refractivity contribution is 9.10. The summed E-state index contributed by atoms with van der Waals surface area (Å²) in [7, 11) is 0. The molecule has 98 valence electrons. The van der Waals surface area contributed by atoms with Crippen LogP contribution >= 0.6 is 15.9 Å². The van der Waals surface area contributed by atoms with Gasteiger partial charge in [-0.25, -0.2) is 0 Å². The number of benzene rings is 1. The topological polar surface area (TPSA) is 40.5 Å². The number of likely N-dealkylation sites (tertiary alicyclic amines) is 1. The summed E-state index contributed by atoms with van der Waals surface area (Å²) < 4.78 is 0.828. The number of piperidine rings is 1. The Morgan fingerprint density at radius 3 is 2.94 bits per heavy atom. The zero-order chi connectivity index (χ0) is 13.1. The van der Waals surface area contributed by atoms with Crippen molar-refractivity contribution in [3.8, 4) is 0 Å². The zero-order valence-electron chi connectivity index (χ0n) is 10.5. The number of carbonyl (C=O) groups is 1. The molecule has 1 atom stereocenters. The summed E-state index contributed by atoms with van der Waals surface area (Å²) in [6.07, 6.45) is 3.00. The number of aryl methyl sites for hydroxylation is 1. The third-order valence-corrected chi connectivity index (χ3v) is 4.11. The molecule has 2 rings (SSSR count). The molecule has 0 aromatic heterocycles. The second-order valence-electron chi connectivity index (χ2n) is 4.81. The molecule has 1 unspecified atom stereocenters. The Morgan fingerprint density at radius 1 is 1.50 bits per heavy atom. The van der Waals surface area contributed by atoms with Gasteiger partial charge in [0.1, 0.15) is 0 Å². The van der Waals surface area contributed by atoms with E-state index >= 15 is 0 Å². The summed E-state index contributed by atoms with van der Waals surface area (Å²) in [5.74, 6) is 0.0145. The van der Waals surface area contributed by atoms with Crippen LogP contribution in [0.5, 0.6) is 0 Å². The van der Waals surface area contributed by atoms with Crippen molar-refractivity contribution in [1.29, 1.82) is 0 Å². The van der Waals surface area contributed by atoms with E-state index in [4.69, 9.17) is 0 Å².